The number of methoxy groups -OCH3 is 1. The van der Waals surface area contributed by atoms with Crippen LogP contribution in [-0.4, -0.2) is 46.1 Å². The summed E-state index contributed by atoms with van der Waals surface area (Å²) in [6, 6.07) is 0. The average molecular weight is 419 g/mol. The van der Waals surface area contributed by atoms with Crippen molar-refractivity contribution in [1.29, 1.82) is 0 Å². The fraction of sp³-hybridized carbons (Fsp3) is 0.353. The second kappa shape index (κ2) is 7.40. The number of thiophene rings is 1. The number of fused-ring (bicyclic) bond motifs is 3. The van der Waals surface area contributed by atoms with Crippen molar-refractivity contribution in [2.45, 2.75) is 25.7 Å². The lowest BCUT2D eigenvalue weighted by molar-refractivity contribution is -0.135. The van der Waals surface area contributed by atoms with Gasteiger partial charge in [-0.15, -0.1) is 16.4 Å². The van der Waals surface area contributed by atoms with Crippen LogP contribution in [0.4, 0.5) is 5.95 Å². The maximum atomic E-state index is 12.5. The van der Waals surface area contributed by atoms with E-state index in [1.54, 1.807) is 18.4 Å². The monoisotopic (exact) mass is 419 g/mol. The van der Waals surface area contributed by atoms with E-state index in [2.05, 4.69) is 25.2 Å². The van der Waals surface area contributed by atoms with Gasteiger partial charge in [-0.25, -0.2) is 15.2 Å². The van der Waals surface area contributed by atoms with Gasteiger partial charge in [-0.3, -0.25) is 19.5 Å². The molecule has 3 heterocycles. The maximum Gasteiger partial charge on any atom is 0.331 e. The molecule has 2 aliphatic rings. The van der Waals surface area contributed by atoms with Gasteiger partial charge in [0, 0.05) is 18.0 Å². The number of carbonyl (C=O) groups is 2. The van der Waals surface area contributed by atoms with Gasteiger partial charge in [0.2, 0.25) is 5.95 Å². The van der Waals surface area contributed by atoms with Gasteiger partial charge in [0.1, 0.15) is 4.83 Å². The third-order valence-electron chi connectivity index (χ3n) is 4.54. The molecule has 1 amide bonds. The zero-order valence-corrected chi connectivity index (χ0v) is 16.8. The summed E-state index contributed by atoms with van der Waals surface area (Å²) in [5.41, 5.74) is 3.63. The number of esters is 1. The molecule has 0 saturated carbocycles. The average Bonchev–Trinajstić information content (AvgIpc) is 3.19. The summed E-state index contributed by atoms with van der Waals surface area (Å²) in [5, 5.41) is 5.15. The smallest absolute Gasteiger partial charge is 0.331 e. The van der Waals surface area contributed by atoms with Crippen LogP contribution in [0.25, 0.3) is 10.2 Å². The van der Waals surface area contributed by atoms with Crippen LogP contribution in [0.15, 0.2) is 20.9 Å². The Morgan fingerprint density at radius 2 is 2.14 bits per heavy atom. The van der Waals surface area contributed by atoms with E-state index in [9.17, 15) is 14.4 Å². The van der Waals surface area contributed by atoms with Gasteiger partial charge >= 0.3 is 5.97 Å². The van der Waals surface area contributed by atoms with Crippen molar-refractivity contribution in [2.75, 3.05) is 19.6 Å². The number of carbonyl (C=O) groups excluding carboxylic acids is 2. The Morgan fingerprint density at radius 3 is 2.93 bits per heavy atom. The minimum Gasteiger partial charge on any atom is -0.466 e. The van der Waals surface area contributed by atoms with Crippen LogP contribution >= 0.6 is 23.1 Å². The summed E-state index contributed by atoms with van der Waals surface area (Å²) < 4.78 is 4.55. The molecule has 0 aromatic carbocycles. The molecular formula is C17H17N5O4S2. The quantitative estimate of drug-likeness (QED) is 0.443. The van der Waals surface area contributed by atoms with Crippen molar-refractivity contribution in [3.8, 4) is 0 Å². The maximum absolute atomic E-state index is 12.5. The van der Waals surface area contributed by atoms with Crippen LogP contribution in [0.3, 0.4) is 0 Å². The predicted molar refractivity (Wildman–Crippen MR) is 108 cm³/mol. The van der Waals surface area contributed by atoms with E-state index in [1.807, 2.05) is 0 Å². The van der Waals surface area contributed by atoms with Gasteiger partial charge in [-0.2, -0.15) is 0 Å². The summed E-state index contributed by atoms with van der Waals surface area (Å²) in [6.07, 6.45) is 5.24. The molecule has 0 bridgehead atoms. The summed E-state index contributed by atoms with van der Waals surface area (Å²) in [4.78, 5) is 46.7. The minimum absolute atomic E-state index is 0.193. The number of likely N-dealkylation sites (N-methyl/N-ethyl adjacent to an activating group) is 1. The van der Waals surface area contributed by atoms with E-state index in [0.29, 0.717) is 15.4 Å². The Bertz CT molecular complexity index is 1100. The fourth-order valence-corrected chi connectivity index (χ4v) is 5.28. The molecule has 9 nitrogen and oxygen atoms in total. The van der Waals surface area contributed by atoms with Gasteiger partial charge in [0.05, 0.1) is 17.4 Å². The molecule has 2 aromatic heterocycles. The third-order valence-corrected chi connectivity index (χ3v) is 6.78. The SMILES string of the molecule is COC(=O)/C=C1\S/C(=N\Nc2nc3sc4c(c3c(=O)[nH]2)CCCC4)N(C)C1=O. The number of amides is 1. The Morgan fingerprint density at radius 1 is 1.36 bits per heavy atom. The number of nitrogens with one attached hydrogen (secondary N) is 2. The van der Waals surface area contributed by atoms with Gasteiger partial charge < -0.3 is 4.74 Å². The van der Waals surface area contributed by atoms with Crippen LogP contribution in [0, 0.1) is 0 Å². The second-order valence-electron chi connectivity index (χ2n) is 6.31. The molecule has 0 unspecified atom stereocenters. The number of ether oxygens (including phenoxy) is 1. The molecule has 11 heteroatoms. The van der Waals surface area contributed by atoms with Crippen LogP contribution < -0.4 is 11.0 Å². The summed E-state index contributed by atoms with van der Waals surface area (Å²) in [7, 11) is 2.78. The van der Waals surface area contributed by atoms with Crippen molar-refractivity contribution < 1.29 is 14.3 Å². The Balaban J connectivity index is 1.60. The van der Waals surface area contributed by atoms with Crippen LogP contribution in [0.1, 0.15) is 23.3 Å². The number of aromatic nitrogens is 2. The normalized spacial score (nSPS) is 19.5. The molecule has 4 rings (SSSR count). The van der Waals surface area contributed by atoms with Gasteiger partial charge in [-0.1, -0.05) is 0 Å². The van der Waals surface area contributed by atoms with E-state index < -0.39 is 5.97 Å². The lowest BCUT2D eigenvalue weighted by Crippen LogP contribution is -2.25. The lowest BCUT2D eigenvalue weighted by atomic mass is 9.97. The predicted octanol–water partition coefficient (Wildman–Crippen LogP) is 1.81. The fourth-order valence-electron chi connectivity index (χ4n) is 3.14. The van der Waals surface area contributed by atoms with E-state index in [1.165, 1.54) is 16.9 Å². The minimum atomic E-state index is -0.614. The number of hydrogen-bond donors (Lipinski definition) is 2. The standard InChI is InChI=1S/C17H17N5O4S2/c1-22-15(25)10(7-11(23)26-2)28-17(22)21-20-16-18-13(24)12-8-5-3-4-6-9(8)27-14(12)19-16/h7H,3-6H2,1-2H3,(H2,18,19,20,24)/b10-7-,21-17-. The summed E-state index contributed by atoms with van der Waals surface area (Å²) in [6.45, 7) is 0. The van der Waals surface area contributed by atoms with Crippen molar-refractivity contribution in [3.63, 3.8) is 0 Å². The largest absolute Gasteiger partial charge is 0.466 e. The number of aromatic amines is 1. The molecule has 1 saturated heterocycles. The summed E-state index contributed by atoms with van der Waals surface area (Å²) >= 11 is 2.57. The second-order valence-corrected chi connectivity index (χ2v) is 8.40. The zero-order valence-electron chi connectivity index (χ0n) is 15.2. The van der Waals surface area contributed by atoms with Crippen LogP contribution in [0.2, 0.25) is 0 Å². The Labute approximate surface area is 167 Å². The highest BCUT2D eigenvalue weighted by Gasteiger charge is 2.31. The number of amidine groups is 1. The number of H-pyrrole nitrogens is 1. The van der Waals surface area contributed by atoms with Crippen molar-refractivity contribution in [1.82, 2.24) is 14.9 Å². The highest BCUT2D eigenvalue weighted by molar-refractivity contribution is 8.18. The summed E-state index contributed by atoms with van der Waals surface area (Å²) in [5.74, 6) is -0.772. The molecule has 2 aromatic rings. The molecule has 0 spiro atoms. The number of aryl methyl sites for hydroxylation is 2. The first-order valence-corrected chi connectivity index (χ1v) is 10.2. The van der Waals surface area contributed by atoms with Gasteiger partial charge in [0.25, 0.3) is 11.5 Å². The molecular weight excluding hydrogens is 402 g/mol. The third kappa shape index (κ3) is 3.31. The van der Waals surface area contributed by atoms with E-state index in [0.717, 1.165) is 49.1 Å². The van der Waals surface area contributed by atoms with E-state index in [4.69, 9.17) is 0 Å². The molecule has 1 aliphatic carbocycles. The highest BCUT2D eigenvalue weighted by atomic mass is 32.2. The number of hydrogen-bond acceptors (Lipinski definition) is 9. The molecule has 2 N–H and O–H groups in total. The molecule has 146 valence electrons. The molecule has 0 atom stereocenters. The Kier molecular flexibility index (Phi) is 4.94. The van der Waals surface area contributed by atoms with E-state index >= 15 is 0 Å². The molecule has 1 fully saturated rings. The van der Waals surface area contributed by atoms with Crippen molar-refractivity contribution in [3.05, 3.63) is 31.8 Å². The van der Waals surface area contributed by atoms with Gasteiger partial charge in [0.15, 0.2) is 5.17 Å². The first-order chi connectivity index (χ1) is 13.5. The van der Waals surface area contributed by atoms with E-state index in [-0.39, 0.29) is 22.3 Å². The van der Waals surface area contributed by atoms with Crippen molar-refractivity contribution >= 4 is 56.3 Å². The molecule has 28 heavy (non-hydrogen) atoms. The van der Waals surface area contributed by atoms with Crippen LogP contribution in [-0.2, 0) is 27.2 Å². The Hall–Kier alpha value is -2.66. The number of nitrogens with zero attached hydrogens (tertiary/aromatic N) is 3. The first kappa shape index (κ1) is 18.7. The first-order valence-electron chi connectivity index (χ1n) is 8.61. The van der Waals surface area contributed by atoms with Crippen LogP contribution in [0.5, 0.6) is 0 Å². The number of thioether (sulfide) groups is 1. The van der Waals surface area contributed by atoms with Crippen molar-refractivity contribution in [2.24, 2.45) is 5.10 Å². The number of rotatable bonds is 3. The number of hydrazone groups is 1. The zero-order chi connectivity index (χ0) is 19.8. The van der Waals surface area contributed by atoms with Gasteiger partial charge in [-0.05, 0) is 43.0 Å². The highest BCUT2D eigenvalue weighted by Crippen LogP contribution is 2.34. The topological polar surface area (TPSA) is 117 Å². The number of anilines is 1. The molecule has 0 radical (unpaired) electrons. The lowest BCUT2D eigenvalue weighted by Gasteiger charge is -2.09. The molecule has 1 aliphatic heterocycles.